The van der Waals surface area contributed by atoms with Gasteiger partial charge in [-0.05, 0) is 60.4 Å². The minimum absolute atomic E-state index is 0.0125. The van der Waals surface area contributed by atoms with E-state index in [1.54, 1.807) is 18.2 Å². The molecule has 0 bridgehead atoms. The van der Waals surface area contributed by atoms with Gasteiger partial charge >= 0.3 is 6.09 Å². The Labute approximate surface area is 288 Å². The number of hydrogen-bond donors (Lipinski definition) is 2. The quantitative estimate of drug-likeness (QED) is 0.218. The summed E-state index contributed by atoms with van der Waals surface area (Å²) in [6.07, 6.45) is 7.22. The van der Waals surface area contributed by atoms with E-state index in [1.165, 1.54) is 23.1 Å². The second-order valence-electron chi connectivity index (χ2n) is 14.7. The van der Waals surface area contributed by atoms with Crippen LogP contribution in [0.4, 0.5) is 9.18 Å². The van der Waals surface area contributed by atoms with Gasteiger partial charge in [0.25, 0.3) is 5.91 Å². The summed E-state index contributed by atoms with van der Waals surface area (Å²) in [4.78, 5) is 39.8. The van der Waals surface area contributed by atoms with Crippen molar-refractivity contribution in [2.24, 2.45) is 16.1 Å². The molecule has 0 spiro atoms. The summed E-state index contributed by atoms with van der Waals surface area (Å²) in [6.45, 7) is 7.14. The number of nitrogens with one attached hydrogen (secondary N) is 1. The van der Waals surface area contributed by atoms with E-state index in [0.29, 0.717) is 40.0 Å². The van der Waals surface area contributed by atoms with Crippen LogP contribution in [0, 0.1) is 5.41 Å². The standard InChI is InChI=1S/C35H39ClFN9O3/c1-33(2,3)17-35(24-8-5-21(6-9-24)23-14-41-45(15-23)25-10-11-25)30(47)46(31(38)42-35)28(16-49-32(48)44-18-34(4,37)19-44)22-7-12-27(36)26(13-22)29-39-20-40-43-29/h5-9,12-15,20,25,28H,10-11,16-19H2,1-4H3,(H2,38,42)(H,39,40,43)/t28-,35-/m1/s1. The van der Waals surface area contributed by atoms with Crippen molar-refractivity contribution in [3.63, 3.8) is 0 Å². The first-order valence-electron chi connectivity index (χ1n) is 16.3. The van der Waals surface area contributed by atoms with Crippen LogP contribution in [0.3, 0.4) is 0 Å². The van der Waals surface area contributed by atoms with Crippen LogP contribution >= 0.6 is 11.6 Å². The topological polar surface area (TPSA) is 148 Å². The maximum atomic E-state index is 14.9. The van der Waals surface area contributed by atoms with Crippen LogP contribution in [0.15, 0.2) is 66.2 Å². The highest BCUT2D eigenvalue weighted by molar-refractivity contribution is 6.33. The van der Waals surface area contributed by atoms with E-state index in [4.69, 9.17) is 27.1 Å². The predicted octanol–water partition coefficient (Wildman–Crippen LogP) is 6.03. The molecular formula is C35H39ClFN9O3. The maximum Gasteiger partial charge on any atom is 0.410 e. The smallest absolute Gasteiger partial charge is 0.410 e. The number of nitrogens with two attached hydrogens (primary N) is 1. The molecule has 4 aromatic rings. The van der Waals surface area contributed by atoms with Gasteiger partial charge in [0.05, 0.1) is 36.4 Å². The van der Waals surface area contributed by atoms with Crippen molar-refractivity contribution in [2.75, 3.05) is 19.7 Å². The van der Waals surface area contributed by atoms with Crippen LogP contribution in [0.2, 0.25) is 5.02 Å². The van der Waals surface area contributed by atoms with Crippen molar-refractivity contribution in [3.05, 3.63) is 77.3 Å². The Balaban J connectivity index is 1.24. The molecule has 0 radical (unpaired) electrons. The Kier molecular flexibility index (Phi) is 8.00. The molecule has 12 nitrogen and oxygen atoms in total. The first-order chi connectivity index (χ1) is 23.2. The van der Waals surface area contributed by atoms with Crippen LogP contribution in [0.1, 0.15) is 70.2 Å². The van der Waals surface area contributed by atoms with E-state index < -0.39 is 23.3 Å². The summed E-state index contributed by atoms with van der Waals surface area (Å²) in [5, 5.41) is 11.7. The molecule has 14 heteroatoms. The third kappa shape index (κ3) is 6.39. The number of alkyl halides is 1. The number of amides is 2. The molecule has 256 valence electrons. The zero-order chi connectivity index (χ0) is 34.7. The zero-order valence-electron chi connectivity index (χ0n) is 27.9. The Morgan fingerprint density at radius 3 is 2.53 bits per heavy atom. The third-order valence-corrected chi connectivity index (χ3v) is 9.48. The molecule has 1 saturated carbocycles. The molecular weight excluding hydrogens is 649 g/mol. The number of carbonyl (C=O) groups is 2. The van der Waals surface area contributed by atoms with Gasteiger partial charge in [-0.3, -0.25) is 19.5 Å². The number of aliphatic imine (C=N–C) groups is 1. The van der Waals surface area contributed by atoms with E-state index in [-0.39, 0.29) is 37.0 Å². The van der Waals surface area contributed by atoms with Gasteiger partial charge in [-0.2, -0.15) is 10.2 Å². The third-order valence-electron chi connectivity index (χ3n) is 9.15. The molecule has 2 fully saturated rings. The van der Waals surface area contributed by atoms with Gasteiger partial charge in [0, 0.05) is 17.3 Å². The summed E-state index contributed by atoms with van der Waals surface area (Å²) >= 11 is 6.56. The number of rotatable bonds is 9. The fourth-order valence-corrected chi connectivity index (χ4v) is 6.95. The number of nitrogens with zero attached hydrogens (tertiary/aromatic N) is 7. The van der Waals surface area contributed by atoms with Gasteiger partial charge in [0.15, 0.2) is 17.3 Å². The minimum atomic E-state index is -1.47. The second-order valence-corrected chi connectivity index (χ2v) is 15.1. The molecule has 3 N–H and O–H groups in total. The Morgan fingerprint density at radius 2 is 1.90 bits per heavy atom. The summed E-state index contributed by atoms with van der Waals surface area (Å²) < 4.78 is 21.9. The number of halogens is 2. The van der Waals surface area contributed by atoms with Crippen LogP contribution in [-0.4, -0.2) is 78.1 Å². The molecule has 2 atom stereocenters. The number of likely N-dealkylation sites (tertiary alicyclic amines) is 1. The Bertz CT molecular complexity index is 1910. The SMILES string of the molecule is CC(C)(C)C[C@]1(c2ccc(-c3cnn(C4CC4)c3)cc2)N=C(N)N([C@H](COC(=O)N2CC(C)(F)C2)c2ccc(Cl)c(-c3ncn[nH]3)c2)C1=O. The van der Waals surface area contributed by atoms with Gasteiger partial charge in [0.1, 0.15) is 18.6 Å². The summed E-state index contributed by atoms with van der Waals surface area (Å²) in [5.74, 6) is 0.0536. The van der Waals surface area contributed by atoms with Gasteiger partial charge in [-0.1, -0.05) is 62.7 Å². The molecule has 49 heavy (non-hydrogen) atoms. The van der Waals surface area contributed by atoms with Gasteiger partial charge in [0.2, 0.25) is 0 Å². The van der Waals surface area contributed by atoms with Crippen LogP contribution in [0.5, 0.6) is 0 Å². The second kappa shape index (κ2) is 12.0. The maximum absolute atomic E-state index is 14.9. The number of aromatic nitrogens is 5. The lowest BCUT2D eigenvalue weighted by Crippen LogP contribution is -2.59. The zero-order valence-corrected chi connectivity index (χ0v) is 28.6. The molecule has 4 heterocycles. The van der Waals surface area contributed by atoms with Crippen LogP contribution < -0.4 is 5.73 Å². The van der Waals surface area contributed by atoms with Gasteiger partial charge in [-0.25, -0.2) is 19.2 Å². The van der Waals surface area contributed by atoms with Crippen molar-refractivity contribution < 1.29 is 18.7 Å². The lowest BCUT2D eigenvalue weighted by molar-refractivity contribution is -0.135. The van der Waals surface area contributed by atoms with Crippen LogP contribution in [0.25, 0.3) is 22.5 Å². The molecule has 7 rings (SSSR count). The number of guanidine groups is 1. The largest absolute Gasteiger partial charge is 0.447 e. The number of benzene rings is 2. The number of ether oxygens (including phenoxy) is 1. The van der Waals surface area contributed by atoms with E-state index in [1.807, 2.05) is 55.9 Å². The van der Waals surface area contributed by atoms with E-state index in [0.717, 1.165) is 24.0 Å². The Morgan fingerprint density at radius 1 is 1.16 bits per heavy atom. The molecule has 2 aromatic heterocycles. The molecule has 1 saturated heterocycles. The lowest BCUT2D eigenvalue weighted by atomic mass is 9.75. The van der Waals surface area contributed by atoms with Gasteiger partial charge in [-0.15, -0.1) is 0 Å². The lowest BCUT2D eigenvalue weighted by Gasteiger charge is -2.41. The first-order valence-corrected chi connectivity index (χ1v) is 16.7. The number of aromatic amines is 1. The average molecular weight is 688 g/mol. The first kappa shape index (κ1) is 32.8. The van der Waals surface area contributed by atoms with E-state index in [9.17, 15) is 14.0 Å². The van der Waals surface area contributed by atoms with Crippen LogP contribution in [-0.2, 0) is 15.1 Å². The monoisotopic (exact) mass is 687 g/mol. The number of hydrogen-bond acceptors (Lipinski definition) is 8. The van der Waals surface area contributed by atoms with Crippen molar-refractivity contribution in [1.29, 1.82) is 0 Å². The predicted molar refractivity (Wildman–Crippen MR) is 182 cm³/mol. The summed E-state index contributed by atoms with van der Waals surface area (Å²) in [7, 11) is 0. The average Bonchev–Trinajstić information content (AvgIpc) is 3.41. The highest BCUT2D eigenvalue weighted by Gasteiger charge is 2.53. The van der Waals surface area contributed by atoms with Crippen molar-refractivity contribution in [3.8, 4) is 22.5 Å². The van der Waals surface area contributed by atoms with E-state index >= 15 is 0 Å². The van der Waals surface area contributed by atoms with Gasteiger partial charge < -0.3 is 15.4 Å². The molecule has 0 unspecified atom stereocenters. The number of carbonyl (C=O) groups excluding carboxylic acids is 2. The fourth-order valence-electron chi connectivity index (χ4n) is 6.75. The number of H-pyrrole nitrogens is 1. The minimum Gasteiger partial charge on any atom is -0.447 e. The molecule has 3 aliphatic rings. The molecule has 2 aliphatic heterocycles. The van der Waals surface area contributed by atoms with E-state index in [2.05, 4.69) is 26.5 Å². The Hall–Kier alpha value is -4.78. The fraction of sp³-hybridized carbons (Fsp3) is 0.429. The molecule has 2 amide bonds. The summed E-state index contributed by atoms with van der Waals surface area (Å²) in [5.41, 5.74) is 7.29. The van der Waals surface area contributed by atoms with Crippen molar-refractivity contribution >= 4 is 29.6 Å². The highest BCUT2D eigenvalue weighted by atomic mass is 35.5. The normalized spacial score (nSPS) is 21.0. The van der Waals surface area contributed by atoms with Crippen molar-refractivity contribution in [2.45, 2.75) is 70.2 Å². The molecule has 1 aliphatic carbocycles. The molecule has 2 aromatic carbocycles. The highest BCUT2D eigenvalue weighted by Crippen LogP contribution is 2.46. The summed E-state index contributed by atoms with van der Waals surface area (Å²) in [6, 6.07) is 12.5. The van der Waals surface area contributed by atoms with Crippen molar-refractivity contribution in [1.82, 2.24) is 34.8 Å².